The summed E-state index contributed by atoms with van der Waals surface area (Å²) in [5, 5.41) is 2.81. The number of nitrogens with zero attached hydrogens (tertiary/aromatic N) is 3. The summed E-state index contributed by atoms with van der Waals surface area (Å²) in [6.07, 6.45) is 3.67. The zero-order valence-electron chi connectivity index (χ0n) is 14.8. The van der Waals surface area contributed by atoms with E-state index in [0.29, 0.717) is 25.1 Å². The van der Waals surface area contributed by atoms with Gasteiger partial charge in [0.15, 0.2) is 0 Å². The van der Waals surface area contributed by atoms with E-state index in [1.165, 1.54) is 18.3 Å². The molecule has 0 saturated carbocycles. The lowest BCUT2D eigenvalue weighted by Crippen LogP contribution is -2.41. The smallest absolute Gasteiger partial charge is 0.255 e. The summed E-state index contributed by atoms with van der Waals surface area (Å²) in [5.41, 5.74) is 2.03. The number of aromatic nitrogens is 1. The predicted molar refractivity (Wildman–Crippen MR) is 96.3 cm³/mol. The first kappa shape index (κ1) is 17.8. The molecule has 1 aliphatic rings. The summed E-state index contributed by atoms with van der Waals surface area (Å²) < 4.78 is 13.0. The molecule has 0 radical (unpaired) electrons. The maximum atomic E-state index is 13.0. The number of carbonyl (C=O) groups is 2. The van der Waals surface area contributed by atoms with Gasteiger partial charge in [-0.1, -0.05) is 12.1 Å². The Kier molecular flexibility index (Phi) is 5.16. The highest BCUT2D eigenvalue weighted by molar-refractivity contribution is 6.01. The number of hydrogen-bond donors (Lipinski definition) is 1. The second-order valence-electron chi connectivity index (χ2n) is 6.49. The Labute approximate surface area is 151 Å². The number of anilines is 1. The number of halogens is 1. The van der Waals surface area contributed by atoms with Gasteiger partial charge in [0.2, 0.25) is 5.91 Å². The number of hydrogen-bond acceptors (Lipinski definition) is 4. The zero-order chi connectivity index (χ0) is 18.7. The molecule has 7 heteroatoms. The van der Waals surface area contributed by atoms with Crippen molar-refractivity contribution in [2.24, 2.45) is 0 Å². The van der Waals surface area contributed by atoms with Crippen LogP contribution in [-0.4, -0.2) is 48.4 Å². The van der Waals surface area contributed by atoms with Crippen LogP contribution in [0.15, 0.2) is 42.7 Å². The lowest BCUT2D eigenvalue weighted by molar-refractivity contribution is -0.129. The minimum absolute atomic E-state index is 0.127. The van der Waals surface area contributed by atoms with Gasteiger partial charge in [0.05, 0.1) is 11.3 Å². The van der Waals surface area contributed by atoms with Crippen molar-refractivity contribution in [2.45, 2.75) is 19.0 Å². The molecule has 2 amide bonds. The van der Waals surface area contributed by atoms with Crippen LogP contribution in [0, 0.1) is 5.82 Å². The molecule has 1 saturated heterocycles. The third-order valence-corrected chi connectivity index (χ3v) is 4.41. The standard InChI is InChI=1S/C19H21FN4O2/c1-23(2)17-7-9-21-11-15(17)18(25)22-16-8-10-24(19(16)26)12-13-3-5-14(20)6-4-13/h3-7,9,11,16H,8,10,12H2,1-2H3,(H,22,25). The van der Waals surface area contributed by atoms with Gasteiger partial charge in [-0.3, -0.25) is 14.6 Å². The lowest BCUT2D eigenvalue weighted by Gasteiger charge is -2.19. The van der Waals surface area contributed by atoms with Crippen molar-refractivity contribution in [3.05, 3.63) is 59.7 Å². The monoisotopic (exact) mass is 356 g/mol. The summed E-state index contributed by atoms with van der Waals surface area (Å²) in [6.45, 7) is 0.954. The molecule has 26 heavy (non-hydrogen) atoms. The van der Waals surface area contributed by atoms with E-state index in [1.807, 2.05) is 19.0 Å². The number of benzene rings is 1. The van der Waals surface area contributed by atoms with Crippen LogP contribution in [0.5, 0.6) is 0 Å². The summed E-state index contributed by atoms with van der Waals surface area (Å²) in [5.74, 6) is -0.749. The topological polar surface area (TPSA) is 65.5 Å². The Morgan fingerprint density at radius 2 is 2.04 bits per heavy atom. The van der Waals surface area contributed by atoms with E-state index < -0.39 is 6.04 Å². The Hall–Kier alpha value is -2.96. The summed E-state index contributed by atoms with van der Waals surface area (Å²) >= 11 is 0. The largest absolute Gasteiger partial charge is 0.377 e. The van der Waals surface area contributed by atoms with Crippen molar-refractivity contribution in [3.8, 4) is 0 Å². The number of amides is 2. The van der Waals surface area contributed by atoms with Gasteiger partial charge >= 0.3 is 0 Å². The molecule has 2 aromatic rings. The molecule has 1 unspecified atom stereocenters. The Bertz CT molecular complexity index is 807. The molecule has 6 nitrogen and oxygen atoms in total. The quantitative estimate of drug-likeness (QED) is 0.888. The fourth-order valence-electron chi connectivity index (χ4n) is 3.03. The lowest BCUT2D eigenvalue weighted by atomic mass is 10.1. The highest BCUT2D eigenvalue weighted by atomic mass is 19.1. The molecule has 0 aliphatic carbocycles. The summed E-state index contributed by atoms with van der Waals surface area (Å²) in [6, 6.07) is 7.27. The summed E-state index contributed by atoms with van der Waals surface area (Å²) in [7, 11) is 3.69. The van der Waals surface area contributed by atoms with Gasteiger partial charge < -0.3 is 15.1 Å². The van der Waals surface area contributed by atoms with Crippen LogP contribution < -0.4 is 10.2 Å². The molecule has 1 N–H and O–H groups in total. The number of carbonyl (C=O) groups excluding carboxylic acids is 2. The van der Waals surface area contributed by atoms with Crippen LogP contribution in [0.25, 0.3) is 0 Å². The van der Waals surface area contributed by atoms with Crippen LogP contribution in [-0.2, 0) is 11.3 Å². The number of nitrogens with one attached hydrogen (secondary N) is 1. The average molecular weight is 356 g/mol. The van der Waals surface area contributed by atoms with Gasteiger partial charge in [-0.2, -0.15) is 0 Å². The van der Waals surface area contributed by atoms with Crippen LogP contribution >= 0.6 is 0 Å². The van der Waals surface area contributed by atoms with Gasteiger partial charge in [-0.05, 0) is 30.2 Å². The minimum Gasteiger partial charge on any atom is -0.377 e. The third kappa shape index (κ3) is 3.82. The molecule has 1 aromatic heterocycles. The fraction of sp³-hybridized carbons (Fsp3) is 0.316. The highest BCUT2D eigenvalue weighted by Crippen LogP contribution is 2.19. The minimum atomic E-state index is -0.557. The molecular weight excluding hydrogens is 335 g/mol. The molecule has 0 bridgehead atoms. The van der Waals surface area contributed by atoms with Crippen molar-refractivity contribution >= 4 is 17.5 Å². The van der Waals surface area contributed by atoms with Crippen LogP contribution in [0.3, 0.4) is 0 Å². The van der Waals surface area contributed by atoms with Crippen LogP contribution in [0.4, 0.5) is 10.1 Å². The first-order valence-electron chi connectivity index (χ1n) is 8.41. The van der Waals surface area contributed by atoms with E-state index in [1.54, 1.807) is 29.3 Å². The Balaban J connectivity index is 1.65. The van der Waals surface area contributed by atoms with E-state index in [9.17, 15) is 14.0 Å². The van der Waals surface area contributed by atoms with Gasteiger partial charge in [-0.15, -0.1) is 0 Å². The molecule has 1 aliphatic heterocycles. The maximum absolute atomic E-state index is 13.0. The number of likely N-dealkylation sites (tertiary alicyclic amines) is 1. The summed E-state index contributed by atoms with van der Waals surface area (Å²) in [4.78, 5) is 32.7. The molecule has 0 spiro atoms. The normalized spacial score (nSPS) is 16.7. The molecule has 1 fully saturated rings. The van der Waals surface area contributed by atoms with E-state index in [4.69, 9.17) is 0 Å². The van der Waals surface area contributed by atoms with Crippen molar-refractivity contribution in [1.29, 1.82) is 0 Å². The van der Waals surface area contributed by atoms with Gasteiger partial charge in [-0.25, -0.2) is 4.39 Å². The zero-order valence-corrected chi connectivity index (χ0v) is 14.8. The first-order valence-corrected chi connectivity index (χ1v) is 8.41. The van der Waals surface area contributed by atoms with E-state index in [0.717, 1.165) is 11.3 Å². The van der Waals surface area contributed by atoms with Crippen molar-refractivity contribution in [3.63, 3.8) is 0 Å². The van der Waals surface area contributed by atoms with Crippen molar-refractivity contribution in [2.75, 3.05) is 25.5 Å². The van der Waals surface area contributed by atoms with Gasteiger partial charge in [0.25, 0.3) is 5.91 Å². The second kappa shape index (κ2) is 7.51. The van der Waals surface area contributed by atoms with E-state index in [-0.39, 0.29) is 17.6 Å². The SMILES string of the molecule is CN(C)c1ccncc1C(=O)NC1CCN(Cc2ccc(F)cc2)C1=O. The van der Waals surface area contributed by atoms with E-state index >= 15 is 0 Å². The fourth-order valence-corrected chi connectivity index (χ4v) is 3.03. The molecule has 136 valence electrons. The molecular formula is C19H21FN4O2. The average Bonchev–Trinajstić information content (AvgIpc) is 2.97. The molecule has 3 rings (SSSR count). The third-order valence-electron chi connectivity index (χ3n) is 4.41. The predicted octanol–water partition coefficient (Wildman–Crippen LogP) is 1.82. The number of pyridine rings is 1. The molecule has 2 heterocycles. The van der Waals surface area contributed by atoms with Crippen molar-refractivity contribution in [1.82, 2.24) is 15.2 Å². The molecule has 1 aromatic carbocycles. The Morgan fingerprint density at radius 1 is 1.31 bits per heavy atom. The number of rotatable bonds is 5. The van der Waals surface area contributed by atoms with Crippen LogP contribution in [0.2, 0.25) is 0 Å². The van der Waals surface area contributed by atoms with Gasteiger partial charge in [0, 0.05) is 39.6 Å². The Morgan fingerprint density at radius 3 is 2.73 bits per heavy atom. The van der Waals surface area contributed by atoms with E-state index in [2.05, 4.69) is 10.3 Å². The first-order chi connectivity index (χ1) is 12.5. The van der Waals surface area contributed by atoms with Crippen LogP contribution in [0.1, 0.15) is 22.3 Å². The van der Waals surface area contributed by atoms with Crippen molar-refractivity contribution < 1.29 is 14.0 Å². The molecule has 1 atom stereocenters. The maximum Gasteiger partial charge on any atom is 0.255 e. The second-order valence-corrected chi connectivity index (χ2v) is 6.49. The highest BCUT2D eigenvalue weighted by Gasteiger charge is 2.33. The van der Waals surface area contributed by atoms with Gasteiger partial charge in [0.1, 0.15) is 11.9 Å².